The van der Waals surface area contributed by atoms with Crippen molar-refractivity contribution in [2.75, 3.05) is 14.2 Å². The maximum Gasteiger partial charge on any atom is 0.263 e. The van der Waals surface area contributed by atoms with E-state index >= 15 is 0 Å². The van der Waals surface area contributed by atoms with Crippen LogP contribution in [0.15, 0.2) is 77.2 Å². The van der Waals surface area contributed by atoms with Crippen molar-refractivity contribution >= 4 is 38.1 Å². The van der Waals surface area contributed by atoms with Crippen LogP contribution >= 0.6 is 11.3 Å². The van der Waals surface area contributed by atoms with Crippen LogP contribution in [0.3, 0.4) is 0 Å². The van der Waals surface area contributed by atoms with Crippen molar-refractivity contribution in [2.24, 2.45) is 0 Å². The maximum absolute atomic E-state index is 13.4. The van der Waals surface area contributed by atoms with Gasteiger partial charge in [-0.3, -0.25) is 14.2 Å². The van der Waals surface area contributed by atoms with Crippen LogP contribution in [0.1, 0.15) is 10.4 Å². The van der Waals surface area contributed by atoms with Crippen LogP contribution in [-0.2, 0) is 6.54 Å². The van der Waals surface area contributed by atoms with Gasteiger partial charge in [0.15, 0.2) is 17.3 Å². The van der Waals surface area contributed by atoms with E-state index in [9.17, 15) is 9.59 Å². The highest BCUT2D eigenvalue weighted by Gasteiger charge is 2.17. The summed E-state index contributed by atoms with van der Waals surface area (Å²) in [5.74, 6) is 1.04. The van der Waals surface area contributed by atoms with Gasteiger partial charge in [0, 0.05) is 16.5 Å². The molecular formula is C26H20N2O4S. The molecule has 0 aliphatic rings. The van der Waals surface area contributed by atoms with Gasteiger partial charge < -0.3 is 9.47 Å². The van der Waals surface area contributed by atoms with Crippen molar-refractivity contribution in [2.45, 2.75) is 6.54 Å². The van der Waals surface area contributed by atoms with Crippen molar-refractivity contribution in [3.8, 4) is 22.6 Å². The zero-order valence-electron chi connectivity index (χ0n) is 18.1. The molecule has 0 bridgehead atoms. The van der Waals surface area contributed by atoms with Gasteiger partial charge in [-0.05, 0) is 34.5 Å². The SMILES string of the molecule is COc1ccc(-c2csc3ncn(CC(=O)c4ccc5ccccc5c4)c(=O)c23)cc1OC. The van der Waals surface area contributed by atoms with Gasteiger partial charge in [0.2, 0.25) is 0 Å². The summed E-state index contributed by atoms with van der Waals surface area (Å²) in [6.07, 6.45) is 1.44. The summed E-state index contributed by atoms with van der Waals surface area (Å²) >= 11 is 1.39. The minimum Gasteiger partial charge on any atom is -0.493 e. The lowest BCUT2D eigenvalue weighted by Gasteiger charge is -2.10. The molecule has 0 aliphatic carbocycles. The third-order valence-electron chi connectivity index (χ3n) is 5.64. The van der Waals surface area contributed by atoms with Gasteiger partial charge in [-0.15, -0.1) is 11.3 Å². The molecule has 0 aliphatic heterocycles. The highest BCUT2D eigenvalue weighted by atomic mass is 32.1. The quantitative estimate of drug-likeness (QED) is 0.329. The first-order chi connectivity index (χ1) is 16.1. The molecule has 0 atom stereocenters. The topological polar surface area (TPSA) is 70.4 Å². The van der Waals surface area contributed by atoms with E-state index in [2.05, 4.69) is 4.98 Å². The standard InChI is InChI=1S/C26H20N2O4S/c1-31-22-10-9-18(12-23(22)32-2)20-14-33-25-24(20)26(30)28(15-27-25)13-21(29)19-8-7-16-5-3-4-6-17(16)11-19/h3-12,14-15H,13H2,1-2H3. The van der Waals surface area contributed by atoms with Crippen LogP contribution in [0.5, 0.6) is 11.5 Å². The third-order valence-corrected chi connectivity index (χ3v) is 6.53. The van der Waals surface area contributed by atoms with Crippen LogP contribution in [0.25, 0.3) is 32.1 Å². The molecule has 5 aromatic rings. The number of benzene rings is 3. The first-order valence-corrected chi connectivity index (χ1v) is 11.2. The average molecular weight is 457 g/mol. The third kappa shape index (κ3) is 3.76. The number of carbonyl (C=O) groups is 1. The summed E-state index contributed by atoms with van der Waals surface area (Å²) in [6, 6.07) is 18.9. The van der Waals surface area contributed by atoms with E-state index in [1.807, 2.05) is 53.9 Å². The van der Waals surface area contributed by atoms with Crippen molar-refractivity contribution in [1.29, 1.82) is 0 Å². The maximum atomic E-state index is 13.4. The van der Waals surface area contributed by atoms with Crippen molar-refractivity contribution < 1.29 is 14.3 Å². The number of hydrogen-bond donors (Lipinski definition) is 0. The van der Waals surface area contributed by atoms with Gasteiger partial charge in [-0.1, -0.05) is 42.5 Å². The average Bonchev–Trinajstić information content (AvgIpc) is 3.30. The molecule has 0 N–H and O–H groups in total. The number of nitrogens with zero attached hydrogens (tertiary/aromatic N) is 2. The summed E-state index contributed by atoms with van der Waals surface area (Å²) in [6.45, 7) is -0.0820. The predicted octanol–water partition coefficient (Wildman–Crippen LogP) is 5.18. The Morgan fingerprint density at radius 2 is 1.76 bits per heavy atom. The Morgan fingerprint density at radius 1 is 0.970 bits per heavy atom. The van der Waals surface area contributed by atoms with Crippen LogP contribution in [0.2, 0.25) is 0 Å². The molecule has 164 valence electrons. The number of ether oxygens (including phenoxy) is 2. The number of carbonyl (C=O) groups excluding carboxylic acids is 1. The number of aromatic nitrogens is 2. The van der Waals surface area contributed by atoms with E-state index in [-0.39, 0.29) is 17.9 Å². The molecule has 3 aromatic carbocycles. The smallest absolute Gasteiger partial charge is 0.263 e. The first kappa shape index (κ1) is 20.9. The zero-order chi connectivity index (χ0) is 22.9. The number of fused-ring (bicyclic) bond motifs is 2. The fraction of sp³-hybridized carbons (Fsp3) is 0.115. The zero-order valence-corrected chi connectivity index (χ0v) is 18.9. The Kier molecular flexibility index (Phi) is 5.40. The Labute approximate surface area is 193 Å². The molecule has 0 unspecified atom stereocenters. The fourth-order valence-corrected chi connectivity index (χ4v) is 4.81. The molecule has 33 heavy (non-hydrogen) atoms. The van der Waals surface area contributed by atoms with Gasteiger partial charge >= 0.3 is 0 Å². The van der Waals surface area contributed by atoms with Crippen LogP contribution < -0.4 is 15.0 Å². The minimum absolute atomic E-state index is 0.0820. The second kappa shape index (κ2) is 8.52. The fourth-order valence-electron chi connectivity index (χ4n) is 3.91. The molecule has 0 saturated carbocycles. The van der Waals surface area contributed by atoms with Gasteiger partial charge in [-0.2, -0.15) is 0 Å². The molecule has 0 amide bonds. The number of ketones is 1. The summed E-state index contributed by atoms with van der Waals surface area (Å²) < 4.78 is 12.1. The van der Waals surface area contributed by atoms with E-state index in [4.69, 9.17) is 9.47 Å². The lowest BCUT2D eigenvalue weighted by atomic mass is 10.0. The van der Waals surface area contributed by atoms with Crippen molar-refractivity contribution in [1.82, 2.24) is 9.55 Å². The number of rotatable bonds is 6. The molecule has 0 spiro atoms. The normalized spacial score (nSPS) is 11.1. The molecule has 7 heteroatoms. The molecule has 2 heterocycles. The molecule has 0 saturated heterocycles. The Balaban J connectivity index is 1.53. The van der Waals surface area contributed by atoms with E-state index in [1.165, 1.54) is 22.2 Å². The van der Waals surface area contributed by atoms with Gasteiger partial charge in [-0.25, -0.2) is 4.98 Å². The van der Waals surface area contributed by atoms with E-state index < -0.39 is 0 Å². The molecule has 0 fully saturated rings. The van der Waals surface area contributed by atoms with Crippen LogP contribution in [0.4, 0.5) is 0 Å². The Bertz CT molecular complexity index is 1570. The first-order valence-electron chi connectivity index (χ1n) is 10.3. The van der Waals surface area contributed by atoms with Crippen LogP contribution in [0, 0.1) is 0 Å². The van der Waals surface area contributed by atoms with E-state index in [0.29, 0.717) is 27.3 Å². The number of thiophene rings is 1. The molecule has 2 aromatic heterocycles. The number of methoxy groups -OCH3 is 2. The number of Topliss-reactive ketones (excluding diaryl/α,β-unsaturated/α-hetero) is 1. The van der Waals surface area contributed by atoms with Crippen LogP contribution in [-0.4, -0.2) is 29.6 Å². The summed E-state index contributed by atoms with van der Waals surface area (Å²) in [4.78, 5) is 31.4. The van der Waals surface area contributed by atoms with Gasteiger partial charge in [0.05, 0.1) is 32.5 Å². The largest absolute Gasteiger partial charge is 0.493 e. The lowest BCUT2D eigenvalue weighted by Crippen LogP contribution is -2.24. The second-order valence-electron chi connectivity index (χ2n) is 7.56. The predicted molar refractivity (Wildman–Crippen MR) is 131 cm³/mol. The molecule has 5 rings (SSSR count). The molecule has 0 radical (unpaired) electrons. The summed E-state index contributed by atoms with van der Waals surface area (Å²) in [5, 5.41) is 4.43. The lowest BCUT2D eigenvalue weighted by molar-refractivity contribution is 0.0971. The highest BCUT2D eigenvalue weighted by molar-refractivity contribution is 7.17. The van der Waals surface area contributed by atoms with Crippen molar-refractivity contribution in [3.63, 3.8) is 0 Å². The van der Waals surface area contributed by atoms with Gasteiger partial charge in [0.1, 0.15) is 4.83 Å². The van der Waals surface area contributed by atoms with E-state index in [0.717, 1.165) is 21.9 Å². The second-order valence-corrected chi connectivity index (χ2v) is 8.42. The summed E-state index contributed by atoms with van der Waals surface area (Å²) in [7, 11) is 3.15. The van der Waals surface area contributed by atoms with E-state index in [1.54, 1.807) is 26.4 Å². The van der Waals surface area contributed by atoms with Gasteiger partial charge in [0.25, 0.3) is 5.56 Å². The molecular weight excluding hydrogens is 436 g/mol. The number of hydrogen-bond acceptors (Lipinski definition) is 6. The Hall–Kier alpha value is -3.97. The Morgan fingerprint density at radius 3 is 2.55 bits per heavy atom. The molecule has 6 nitrogen and oxygen atoms in total. The monoisotopic (exact) mass is 456 g/mol. The van der Waals surface area contributed by atoms with Crippen molar-refractivity contribution in [3.05, 3.63) is 88.3 Å². The minimum atomic E-state index is -0.250. The summed E-state index contributed by atoms with van der Waals surface area (Å²) in [5.41, 5.74) is 1.88. The highest BCUT2D eigenvalue weighted by Crippen LogP contribution is 2.36.